The van der Waals surface area contributed by atoms with Crippen molar-refractivity contribution in [1.29, 1.82) is 0 Å². The van der Waals surface area contributed by atoms with Crippen LogP contribution in [-0.2, 0) is 4.57 Å². The lowest BCUT2D eigenvalue weighted by molar-refractivity contribution is -0.345. The maximum Gasteiger partial charge on any atom is 0.460 e. The first-order chi connectivity index (χ1) is 11.6. The molecule has 0 saturated heterocycles. The SMILES string of the molecule is CCCCCP(=O)(C(F)(F)C(F)(F)C(F)(F)F)C(F)(F)C(F)(F)C(F)(F)F. The highest BCUT2D eigenvalue weighted by Gasteiger charge is 2.89. The van der Waals surface area contributed by atoms with Gasteiger partial charge in [-0.15, -0.1) is 0 Å². The van der Waals surface area contributed by atoms with Gasteiger partial charge in [-0.05, 0) is 6.42 Å². The fourth-order valence-electron chi connectivity index (χ4n) is 1.84. The molecule has 0 aliphatic carbocycles. The average Bonchev–Trinajstić information content (AvgIpc) is 2.44. The average molecular weight is 456 g/mol. The summed E-state index contributed by atoms with van der Waals surface area (Å²) in [6, 6.07) is 0. The van der Waals surface area contributed by atoms with Crippen LogP contribution in [0.15, 0.2) is 0 Å². The molecule has 164 valence electrons. The van der Waals surface area contributed by atoms with E-state index in [-0.39, 0.29) is 6.42 Å². The molecule has 0 saturated carbocycles. The molecule has 0 aromatic heterocycles. The molecule has 0 bridgehead atoms. The van der Waals surface area contributed by atoms with Crippen molar-refractivity contribution >= 4 is 7.14 Å². The molecule has 0 heterocycles. The van der Waals surface area contributed by atoms with Gasteiger partial charge in [-0.25, -0.2) is 0 Å². The van der Waals surface area contributed by atoms with Crippen LogP contribution >= 0.6 is 7.14 Å². The lowest BCUT2D eigenvalue weighted by Gasteiger charge is -2.40. The Morgan fingerprint density at radius 2 is 0.889 bits per heavy atom. The van der Waals surface area contributed by atoms with Crippen LogP contribution in [0.1, 0.15) is 26.2 Å². The maximum atomic E-state index is 13.7. The van der Waals surface area contributed by atoms with Crippen molar-refractivity contribution < 1.29 is 66.0 Å². The van der Waals surface area contributed by atoms with E-state index in [1.807, 2.05) is 0 Å². The predicted molar refractivity (Wildman–Crippen MR) is 63.9 cm³/mol. The Hall–Kier alpha value is -0.750. The molecular weight excluding hydrogens is 445 g/mol. The minimum absolute atomic E-state index is 0.136. The highest BCUT2D eigenvalue weighted by atomic mass is 31.2. The quantitative estimate of drug-likeness (QED) is 0.216. The molecule has 0 radical (unpaired) electrons. The van der Waals surface area contributed by atoms with Crippen molar-refractivity contribution in [2.24, 2.45) is 0 Å². The normalized spacial score (nSPS) is 16.0. The predicted octanol–water partition coefficient (Wildman–Crippen LogP) is 7.12. The summed E-state index contributed by atoms with van der Waals surface area (Å²) in [6.07, 6.45) is -19.3. The van der Waals surface area contributed by atoms with E-state index >= 15 is 0 Å². The molecule has 0 amide bonds. The summed E-state index contributed by atoms with van der Waals surface area (Å²) in [6.45, 7) is 1.20. The van der Waals surface area contributed by atoms with E-state index in [1.165, 1.54) is 6.92 Å². The standard InChI is InChI=1S/C11H11F14OP/c1-2-3-4-5-27(26,10(22,23)6(12,13)8(16,17)18)11(24,25)7(14,15)9(19,20)21/h2-5H2,1H3. The number of unbranched alkanes of at least 4 members (excludes halogenated alkanes) is 2. The Labute approximate surface area is 142 Å². The van der Waals surface area contributed by atoms with E-state index in [4.69, 9.17) is 0 Å². The Kier molecular flexibility index (Phi) is 7.05. The van der Waals surface area contributed by atoms with Gasteiger partial charge in [-0.1, -0.05) is 19.8 Å². The first kappa shape index (κ1) is 26.2. The molecule has 27 heavy (non-hydrogen) atoms. The van der Waals surface area contributed by atoms with E-state index < -0.39 is 61.7 Å². The van der Waals surface area contributed by atoms with Gasteiger partial charge in [0.2, 0.25) is 7.14 Å². The second-order valence-electron chi connectivity index (χ2n) is 5.40. The van der Waals surface area contributed by atoms with Crippen LogP contribution in [0, 0.1) is 0 Å². The summed E-state index contributed by atoms with van der Waals surface area (Å²) in [5.41, 5.74) is -14.9. The third kappa shape index (κ3) is 3.89. The van der Waals surface area contributed by atoms with Gasteiger partial charge in [0, 0.05) is 6.16 Å². The second-order valence-corrected chi connectivity index (χ2v) is 8.45. The third-order valence-corrected chi connectivity index (χ3v) is 6.77. The number of rotatable bonds is 8. The molecule has 0 fully saturated rings. The zero-order valence-corrected chi connectivity index (χ0v) is 13.9. The van der Waals surface area contributed by atoms with Gasteiger partial charge in [0.25, 0.3) is 0 Å². The van der Waals surface area contributed by atoms with Crippen molar-refractivity contribution in [3.63, 3.8) is 0 Å². The van der Waals surface area contributed by atoms with E-state index in [0.29, 0.717) is 0 Å². The topological polar surface area (TPSA) is 17.1 Å². The summed E-state index contributed by atoms with van der Waals surface area (Å²) in [4.78, 5) is 0. The van der Waals surface area contributed by atoms with Crippen molar-refractivity contribution in [2.45, 2.75) is 61.7 Å². The Bertz CT molecular complexity index is 518. The summed E-state index contributed by atoms with van der Waals surface area (Å²) in [5, 5.41) is 0. The van der Waals surface area contributed by atoms with Crippen LogP contribution in [0.2, 0.25) is 0 Å². The van der Waals surface area contributed by atoms with E-state index in [1.54, 1.807) is 0 Å². The monoisotopic (exact) mass is 456 g/mol. The molecular formula is C11H11F14OP. The molecule has 0 aliphatic heterocycles. The van der Waals surface area contributed by atoms with E-state index in [9.17, 15) is 66.0 Å². The molecule has 0 unspecified atom stereocenters. The largest absolute Gasteiger partial charge is 0.460 e. The first-order valence-corrected chi connectivity index (χ1v) is 8.69. The highest BCUT2D eigenvalue weighted by molar-refractivity contribution is 7.66. The number of hydrogen-bond acceptors (Lipinski definition) is 1. The minimum Gasteiger partial charge on any atom is -0.310 e. The van der Waals surface area contributed by atoms with Crippen LogP contribution in [0.25, 0.3) is 0 Å². The van der Waals surface area contributed by atoms with Crippen molar-refractivity contribution in [2.75, 3.05) is 6.16 Å². The van der Waals surface area contributed by atoms with Gasteiger partial charge in [-0.2, -0.15) is 61.5 Å². The van der Waals surface area contributed by atoms with Crippen LogP contribution in [0.4, 0.5) is 61.5 Å². The van der Waals surface area contributed by atoms with E-state index in [0.717, 1.165) is 0 Å². The first-order valence-electron chi connectivity index (χ1n) is 6.80. The van der Waals surface area contributed by atoms with Crippen molar-refractivity contribution in [3.8, 4) is 0 Å². The minimum atomic E-state index is -8.20. The molecule has 0 spiro atoms. The van der Waals surface area contributed by atoms with Crippen LogP contribution in [-0.4, -0.2) is 41.7 Å². The Morgan fingerprint density at radius 3 is 1.11 bits per heavy atom. The molecule has 0 N–H and O–H groups in total. The van der Waals surface area contributed by atoms with Crippen molar-refractivity contribution in [3.05, 3.63) is 0 Å². The molecule has 0 rings (SSSR count). The van der Waals surface area contributed by atoms with Gasteiger partial charge in [-0.3, -0.25) is 0 Å². The molecule has 16 heteroatoms. The zero-order valence-electron chi connectivity index (χ0n) is 13.0. The molecule has 0 aromatic rings. The summed E-state index contributed by atoms with van der Waals surface area (Å²) < 4.78 is 192. The highest BCUT2D eigenvalue weighted by Crippen LogP contribution is 2.79. The number of alkyl halides is 14. The Morgan fingerprint density at radius 1 is 0.593 bits per heavy atom. The van der Waals surface area contributed by atoms with Crippen molar-refractivity contribution in [1.82, 2.24) is 0 Å². The molecule has 1 nitrogen and oxygen atoms in total. The van der Waals surface area contributed by atoms with E-state index in [2.05, 4.69) is 0 Å². The van der Waals surface area contributed by atoms with Gasteiger partial charge >= 0.3 is 35.5 Å². The fourth-order valence-corrected chi connectivity index (χ4v) is 4.58. The Balaban J connectivity index is 6.76. The van der Waals surface area contributed by atoms with Crippen LogP contribution in [0.5, 0.6) is 0 Å². The molecule has 0 atom stereocenters. The lowest BCUT2D eigenvalue weighted by Crippen LogP contribution is -2.59. The lowest BCUT2D eigenvalue weighted by atomic mass is 10.3. The summed E-state index contributed by atoms with van der Waals surface area (Å²) in [7, 11) is -8.20. The van der Waals surface area contributed by atoms with Crippen LogP contribution < -0.4 is 0 Å². The summed E-state index contributed by atoms with van der Waals surface area (Å²) >= 11 is 0. The van der Waals surface area contributed by atoms with Gasteiger partial charge in [0.15, 0.2) is 0 Å². The third-order valence-electron chi connectivity index (χ3n) is 3.45. The maximum absolute atomic E-state index is 13.7. The zero-order chi connectivity index (χ0) is 22.3. The molecule has 0 aliphatic rings. The van der Waals surface area contributed by atoms with Gasteiger partial charge in [0.05, 0.1) is 0 Å². The number of halogens is 14. The second kappa shape index (κ2) is 7.25. The number of hydrogen-bond donors (Lipinski definition) is 0. The van der Waals surface area contributed by atoms with Crippen LogP contribution in [0.3, 0.4) is 0 Å². The summed E-state index contributed by atoms with van der Waals surface area (Å²) in [5.74, 6) is -15.1. The fraction of sp³-hybridized carbons (Fsp3) is 1.00. The smallest absolute Gasteiger partial charge is 0.310 e. The van der Waals surface area contributed by atoms with Gasteiger partial charge < -0.3 is 4.57 Å². The van der Waals surface area contributed by atoms with Gasteiger partial charge in [0.1, 0.15) is 0 Å². The molecule has 0 aromatic carbocycles.